The minimum Gasteiger partial charge on any atom is -0.477 e. The molecule has 1 aromatic heterocycles. The van der Waals surface area contributed by atoms with E-state index in [2.05, 4.69) is 10.3 Å². The van der Waals surface area contributed by atoms with Gasteiger partial charge in [-0.05, 0) is 42.2 Å². The Morgan fingerprint density at radius 2 is 1.88 bits per heavy atom. The van der Waals surface area contributed by atoms with Gasteiger partial charge >= 0.3 is 5.97 Å². The first-order valence-electron chi connectivity index (χ1n) is 8.05. The summed E-state index contributed by atoms with van der Waals surface area (Å²) in [5.74, 6) is -1.70. The number of aromatic carboxylic acids is 1. The quantitative estimate of drug-likeness (QED) is 0.593. The van der Waals surface area contributed by atoms with Crippen molar-refractivity contribution >= 4 is 51.7 Å². The van der Waals surface area contributed by atoms with Crippen LogP contribution in [0.15, 0.2) is 42.5 Å². The number of rotatable bonds is 4. The molecule has 2 unspecified atom stereocenters. The number of halogens is 2. The van der Waals surface area contributed by atoms with E-state index in [1.54, 1.807) is 12.1 Å². The van der Waals surface area contributed by atoms with Crippen LogP contribution in [0.4, 0.5) is 5.69 Å². The molecule has 2 aromatic carbocycles. The van der Waals surface area contributed by atoms with Crippen LogP contribution in [0.2, 0.25) is 10.0 Å². The zero-order valence-corrected chi connectivity index (χ0v) is 14.9. The van der Waals surface area contributed by atoms with Crippen LogP contribution >= 0.6 is 23.2 Å². The molecule has 1 saturated carbocycles. The van der Waals surface area contributed by atoms with Crippen molar-refractivity contribution in [3.63, 3.8) is 0 Å². The highest BCUT2D eigenvalue weighted by molar-refractivity contribution is 6.39. The van der Waals surface area contributed by atoms with Crippen LogP contribution in [0.25, 0.3) is 10.9 Å². The second-order valence-corrected chi connectivity index (χ2v) is 7.18. The second kappa shape index (κ2) is 6.34. The first-order valence-corrected chi connectivity index (χ1v) is 8.81. The Bertz CT molecular complexity index is 1030. The summed E-state index contributed by atoms with van der Waals surface area (Å²) in [5.41, 5.74) is 1.90. The Labute approximate surface area is 158 Å². The molecule has 0 aliphatic heterocycles. The molecule has 3 aromatic rings. The topological polar surface area (TPSA) is 82.2 Å². The van der Waals surface area contributed by atoms with Gasteiger partial charge in [0.25, 0.3) is 0 Å². The molecule has 132 valence electrons. The van der Waals surface area contributed by atoms with Gasteiger partial charge in [0.2, 0.25) is 5.91 Å². The highest BCUT2D eigenvalue weighted by Gasteiger charge is 2.47. The van der Waals surface area contributed by atoms with Gasteiger partial charge in [0.1, 0.15) is 5.69 Å². The molecular weight excluding hydrogens is 375 g/mol. The molecule has 7 heteroatoms. The molecule has 26 heavy (non-hydrogen) atoms. The summed E-state index contributed by atoms with van der Waals surface area (Å²) in [4.78, 5) is 27.1. The van der Waals surface area contributed by atoms with Crippen molar-refractivity contribution in [3.05, 3.63) is 63.8 Å². The summed E-state index contributed by atoms with van der Waals surface area (Å²) in [6.45, 7) is 0. The summed E-state index contributed by atoms with van der Waals surface area (Å²) in [6.07, 6.45) is 0.574. The summed E-state index contributed by atoms with van der Waals surface area (Å²) in [7, 11) is 0. The van der Waals surface area contributed by atoms with Crippen molar-refractivity contribution in [3.8, 4) is 0 Å². The molecule has 2 atom stereocenters. The Morgan fingerprint density at radius 3 is 2.58 bits per heavy atom. The first kappa shape index (κ1) is 16.9. The van der Waals surface area contributed by atoms with E-state index < -0.39 is 5.97 Å². The van der Waals surface area contributed by atoms with Crippen LogP contribution in [0, 0.1) is 5.92 Å². The molecule has 1 fully saturated rings. The number of hydrogen-bond donors (Lipinski definition) is 3. The second-order valence-electron chi connectivity index (χ2n) is 6.33. The number of carbonyl (C=O) groups is 2. The molecule has 1 amide bonds. The lowest BCUT2D eigenvalue weighted by molar-refractivity contribution is -0.117. The maximum absolute atomic E-state index is 12.5. The zero-order valence-electron chi connectivity index (χ0n) is 13.4. The summed E-state index contributed by atoms with van der Waals surface area (Å²) in [5, 5.41) is 13.8. The Hall–Kier alpha value is -2.50. The Morgan fingerprint density at radius 1 is 1.15 bits per heavy atom. The van der Waals surface area contributed by atoms with Gasteiger partial charge in [-0.25, -0.2) is 4.79 Å². The number of nitrogens with one attached hydrogen (secondary N) is 2. The van der Waals surface area contributed by atoms with E-state index in [-0.39, 0.29) is 23.4 Å². The van der Waals surface area contributed by atoms with Crippen molar-refractivity contribution in [2.75, 3.05) is 5.32 Å². The fourth-order valence-electron chi connectivity index (χ4n) is 3.37. The van der Waals surface area contributed by atoms with Crippen molar-refractivity contribution < 1.29 is 14.7 Å². The maximum atomic E-state index is 12.5. The van der Waals surface area contributed by atoms with E-state index >= 15 is 0 Å². The van der Waals surface area contributed by atoms with Gasteiger partial charge in [0.05, 0.1) is 5.02 Å². The number of aromatic nitrogens is 1. The minimum atomic E-state index is -1.09. The molecule has 0 bridgehead atoms. The molecule has 3 N–H and O–H groups in total. The van der Waals surface area contributed by atoms with E-state index in [1.807, 2.05) is 30.3 Å². The van der Waals surface area contributed by atoms with Gasteiger partial charge in [0, 0.05) is 27.5 Å². The number of carboxylic acid groups (broad SMARTS) is 1. The van der Waals surface area contributed by atoms with E-state index in [0.717, 1.165) is 0 Å². The fourth-order valence-corrected chi connectivity index (χ4v) is 3.97. The molecule has 1 aliphatic rings. The predicted molar refractivity (Wildman–Crippen MR) is 101 cm³/mol. The number of carboxylic acids is 1. The van der Waals surface area contributed by atoms with E-state index in [1.165, 1.54) is 0 Å². The number of fused-ring (bicyclic) bond motifs is 1. The standard InChI is InChI=1S/C19H14Cl2N2O3/c20-9-6-13(21)16-14(7-9)23-17(19(25)26)15(16)11-8-12(11)18(24)22-10-4-2-1-3-5-10/h1-7,11-12,23H,8H2,(H,22,24)(H,25,26). The lowest BCUT2D eigenvalue weighted by Crippen LogP contribution is -2.14. The van der Waals surface area contributed by atoms with Crippen LogP contribution in [0.5, 0.6) is 0 Å². The van der Waals surface area contributed by atoms with E-state index in [9.17, 15) is 14.7 Å². The molecule has 5 nitrogen and oxygen atoms in total. The third-order valence-electron chi connectivity index (χ3n) is 4.61. The first-order chi connectivity index (χ1) is 12.5. The van der Waals surface area contributed by atoms with Crippen LogP contribution in [-0.4, -0.2) is 22.0 Å². The highest BCUT2D eigenvalue weighted by Crippen LogP contribution is 2.52. The van der Waals surface area contributed by atoms with Gasteiger partial charge in [-0.15, -0.1) is 0 Å². The van der Waals surface area contributed by atoms with Crippen LogP contribution < -0.4 is 5.32 Å². The molecular formula is C19H14Cl2N2O3. The molecule has 0 radical (unpaired) electrons. The Balaban J connectivity index is 1.68. The van der Waals surface area contributed by atoms with Crippen LogP contribution in [-0.2, 0) is 4.79 Å². The van der Waals surface area contributed by atoms with E-state index in [0.29, 0.717) is 38.6 Å². The molecule has 0 spiro atoms. The van der Waals surface area contributed by atoms with Gasteiger partial charge in [-0.3, -0.25) is 4.79 Å². The SMILES string of the molecule is O=C(O)c1[nH]c2cc(Cl)cc(Cl)c2c1C1CC1C(=O)Nc1ccccc1. The molecule has 1 heterocycles. The number of benzene rings is 2. The lowest BCUT2D eigenvalue weighted by atomic mass is 10.0. The highest BCUT2D eigenvalue weighted by atomic mass is 35.5. The maximum Gasteiger partial charge on any atom is 0.352 e. The Kier molecular flexibility index (Phi) is 4.13. The number of anilines is 1. The minimum absolute atomic E-state index is 0.0594. The number of carbonyl (C=O) groups excluding carboxylic acids is 1. The third kappa shape index (κ3) is 2.93. The van der Waals surface area contributed by atoms with Crippen molar-refractivity contribution in [1.29, 1.82) is 0 Å². The zero-order chi connectivity index (χ0) is 18.4. The monoisotopic (exact) mass is 388 g/mol. The fraction of sp³-hybridized carbons (Fsp3) is 0.158. The summed E-state index contributed by atoms with van der Waals surface area (Å²) in [6, 6.07) is 12.4. The van der Waals surface area contributed by atoms with Crippen LogP contribution in [0.3, 0.4) is 0 Å². The average Bonchev–Trinajstić information content (AvgIpc) is 3.29. The summed E-state index contributed by atoms with van der Waals surface area (Å²) < 4.78 is 0. The predicted octanol–water partition coefficient (Wildman–Crippen LogP) is 4.92. The van der Waals surface area contributed by atoms with Gasteiger partial charge in [-0.2, -0.15) is 0 Å². The molecule has 4 rings (SSSR count). The largest absolute Gasteiger partial charge is 0.477 e. The van der Waals surface area contributed by atoms with Crippen LogP contribution in [0.1, 0.15) is 28.4 Å². The van der Waals surface area contributed by atoms with Gasteiger partial charge < -0.3 is 15.4 Å². The van der Waals surface area contributed by atoms with Gasteiger partial charge in [0.15, 0.2) is 0 Å². The smallest absolute Gasteiger partial charge is 0.352 e. The number of hydrogen-bond acceptors (Lipinski definition) is 2. The number of amides is 1. The van der Waals surface area contributed by atoms with Crippen molar-refractivity contribution in [2.24, 2.45) is 5.92 Å². The lowest BCUT2D eigenvalue weighted by Gasteiger charge is -2.06. The number of H-pyrrole nitrogens is 1. The molecule has 1 aliphatic carbocycles. The third-order valence-corrected chi connectivity index (χ3v) is 5.12. The van der Waals surface area contributed by atoms with Crippen molar-refractivity contribution in [1.82, 2.24) is 4.98 Å². The molecule has 0 saturated heterocycles. The van der Waals surface area contributed by atoms with Crippen molar-refractivity contribution in [2.45, 2.75) is 12.3 Å². The number of aromatic amines is 1. The average molecular weight is 389 g/mol. The summed E-state index contributed by atoms with van der Waals surface area (Å²) >= 11 is 12.3. The normalized spacial score (nSPS) is 18.7. The van der Waals surface area contributed by atoms with E-state index in [4.69, 9.17) is 23.2 Å². The van der Waals surface area contributed by atoms with Gasteiger partial charge in [-0.1, -0.05) is 41.4 Å². The number of para-hydroxylation sites is 1.